The molecule has 0 unspecified atom stereocenters. The van der Waals surface area contributed by atoms with E-state index in [-0.39, 0.29) is 39.5 Å². The van der Waals surface area contributed by atoms with E-state index in [1.165, 1.54) is 70.3 Å². The molecule has 3 heterocycles. The zero-order chi connectivity index (χ0) is 27.0. The number of aromatic nitrogens is 7. The number of hydrogen-bond acceptors (Lipinski definition) is 10. The van der Waals surface area contributed by atoms with E-state index in [1.54, 1.807) is 0 Å². The summed E-state index contributed by atoms with van der Waals surface area (Å²) in [7, 11) is 0. The number of carboxylic acids is 2. The van der Waals surface area contributed by atoms with Crippen molar-refractivity contribution in [3.63, 3.8) is 0 Å². The Morgan fingerprint density at radius 2 is 1.16 bits per heavy atom. The van der Waals surface area contributed by atoms with Crippen LogP contribution in [-0.2, 0) is 0 Å². The lowest BCUT2D eigenvalue weighted by molar-refractivity contribution is 0.0682. The first-order chi connectivity index (χ1) is 18.2. The van der Waals surface area contributed by atoms with Gasteiger partial charge in [-0.3, -0.25) is 0 Å². The zero-order valence-corrected chi connectivity index (χ0v) is 19.0. The van der Waals surface area contributed by atoms with E-state index < -0.39 is 23.4 Å². The van der Waals surface area contributed by atoms with Crippen molar-refractivity contribution in [1.82, 2.24) is 35.0 Å². The van der Waals surface area contributed by atoms with Crippen LogP contribution in [-0.4, -0.2) is 67.3 Å². The first-order valence-electron chi connectivity index (χ1n) is 10.6. The fourth-order valence-corrected chi connectivity index (χ4v) is 3.55. The number of carboxylic acid groups (broad SMARTS) is 2. The van der Waals surface area contributed by atoms with E-state index in [1.807, 2.05) is 6.07 Å². The lowest BCUT2D eigenvalue weighted by Gasteiger charge is -2.04. The maximum Gasteiger partial charge on any atom is 0.339 e. The quantitative estimate of drug-likeness (QED) is 0.259. The molecule has 186 valence electrons. The highest BCUT2D eigenvalue weighted by Crippen LogP contribution is 2.26. The van der Waals surface area contributed by atoms with E-state index in [4.69, 9.17) is 0 Å². The minimum absolute atomic E-state index is 0.240. The van der Waals surface area contributed by atoms with Crippen molar-refractivity contribution < 1.29 is 30.0 Å². The van der Waals surface area contributed by atoms with Gasteiger partial charge in [-0.25, -0.2) is 23.9 Å². The number of rotatable bonds is 6. The Morgan fingerprint density at radius 1 is 0.711 bits per heavy atom. The summed E-state index contributed by atoms with van der Waals surface area (Å²) in [6.07, 6.45) is 2.96. The number of nitriles is 1. The van der Waals surface area contributed by atoms with Gasteiger partial charge >= 0.3 is 11.9 Å². The highest BCUT2D eigenvalue weighted by atomic mass is 16.4. The van der Waals surface area contributed by atoms with Gasteiger partial charge in [0, 0.05) is 0 Å². The van der Waals surface area contributed by atoms with Crippen LogP contribution in [0.15, 0.2) is 60.9 Å². The van der Waals surface area contributed by atoms with Crippen LogP contribution in [0.1, 0.15) is 26.3 Å². The van der Waals surface area contributed by atoms with Gasteiger partial charge in [0.05, 0.1) is 46.8 Å². The second-order valence-electron chi connectivity index (χ2n) is 7.85. The van der Waals surface area contributed by atoms with Gasteiger partial charge < -0.3 is 20.4 Å². The Labute approximate surface area is 211 Å². The maximum atomic E-state index is 11.3. The van der Waals surface area contributed by atoms with Gasteiger partial charge in [0.15, 0.2) is 0 Å². The van der Waals surface area contributed by atoms with Gasteiger partial charge in [0.25, 0.3) is 0 Å². The van der Waals surface area contributed by atoms with Crippen molar-refractivity contribution in [3.05, 3.63) is 77.6 Å². The van der Waals surface area contributed by atoms with Crippen LogP contribution in [0.4, 0.5) is 0 Å². The summed E-state index contributed by atoms with van der Waals surface area (Å²) in [6.45, 7) is 0. The Morgan fingerprint density at radius 3 is 1.55 bits per heavy atom. The largest absolute Gasteiger partial charge is 0.507 e. The lowest BCUT2D eigenvalue weighted by Crippen LogP contribution is -2.01. The molecule has 14 nitrogen and oxygen atoms in total. The summed E-state index contributed by atoms with van der Waals surface area (Å²) in [6, 6.07) is 12.9. The summed E-state index contributed by atoms with van der Waals surface area (Å²) in [4.78, 5) is 27.2. The molecule has 0 aliphatic heterocycles. The molecule has 5 rings (SSSR count). The van der Waals surface area contributed by atoms with Crippen LogP contribution in [0.3, 0.4) is 0 Å². The van der Waals surface area contributed by atoms with Crippen molar-refractivity contribution in [3.8, 4) is 51.7 Å². The molecule has 14 heteroatoms. The van der Waals surface area contributed by atoms with Gasteiger partial charge in [0.2, 0.25) is 0 Å². The van der Waals surface area contributed by atoms with Crippen molar-refractivity contribution in [1.29, 1.82) is 5.26 Å². The molecule has 0 spiro atoms. The molecule has 0 fully saturated rings. The first-order valence-corrected chi connectivity index (χ1v) is 10.6. The van der Waals surface area contributed by atoms with E-state index in [0.717, 1.165) is 0 Å². The predicted octanol–water partition coefficient (Wildman–Crippen LogP) is 2.26. The molecule has 0 saturated heterocycles. The third-order valence-electron chi connectivity index (χ3n) is 5.42. The highest BCUT2D eigenvalue weighted by molar-refractivity contribution is 5.92. The Bertz CT molecular complexity index is 1660. The van der Waals surface area contributed by atoms with Gasteiger partial charge in [-0.2, -0.15) is 5.26 Å². The Balaban J connectivity index is 1.51. The monoisotopic (exact) mass is 510 g/mol. The van der Waals surface area contributed by atoms with Crippen LogP contribution < -0.4 is 0 Å². The fourth-order valence-electron chi connectivity index (χ4n) is 3.55. The van der Waals surface area contributed by atoms with Crippen LogP contribution in [0.5, 0.6) is 11.5 Å². The second-order valence-corrected chi connectivity index (χ2v) is 7.85. The number of phenols is 2. The van der Waals surface area contributed by atoms with Gasteiger partial charge in [0.1, 0.15) is 34.0 Å². The van der Waals surface area contributed by atoms with E-state index in [0.29, 0.717) is 11.4 Å². The summed E-state index contributed by atoms with van der Waals surface area (Å²) in [5.41, 5.74) is 1.36. The molecule has 0 aliphatic carbocycles. The zero-order valence-electron chi connectivity index (χ0n) is 19.0. The molecule has 38 heavy (non-hydrogen) atoms. The normalized spacial score (nSPS) is 10.7. The third-order valence-corrected chi connectivity index (χ3v) is 5.42. The van der Waals surface area contributed by atoms with Gasteiger partial charge in [-0.1, -0.05) is 10.4 Å². The number of nitrogens with zero attached hydrogens (tertiary/aromatic N) is 8. The number of pyridine rings is 1. The van der Waals surface area contributed by atoms with Gasteiger partial charge in [-0.05, 0) is 48.5 Å². The standard InChI is InChI=1S/C24H14N8O6/c25-9-12-5-17(19-10-31(29-27-19)13-1-3-21(33)15(7-13)23(35)36)26-18(6-12)20-11-32(30-28-20)14-2-4-22(34)16(8-14)24(37)38/h1-8,10-11,33-34H,(H,35,36)(H,37,38). The molecule has 0 aliphatic rings. The molecule has 0 atom stereocenters. The molecule has 0 saturated carbocycles. The topological polar surface area (TPSA) is 213 Å². The molecular weight excluding hydrogens is 496 g/mol. The van der Waals surface area contributed by atoms with E-state index in [9.17, 15) is 35.3 Å². The number of carbonyl (C=O) groups is 2. The summed E-state index contributed by atoms with van der Waals surface area (Å²) < 4.78 is 2.59. The molecule has 0 bridgehead atoms. The Hall–Kier alpha value is -6.10. The predicted molar refractivity (Wildman–Crippen MR) is 127 cm³/mol. The molecular formula is C24H14N8O6. The van der Waals surface area contributed by atoms with Crippen LogP contribution >= 0.6 is 0 Å². The number of aromatic hydroxyl groups is 2. The van der Waals surface area contributed by atoms with Crippen molar-refractivity contribution >= 4 is 11.9 Å². The SMILES string of the molecule is N#Cc1cc(-c2cn(-c3ccc(O)c(C(=O)O)c3)nn2)nc(-c2cn(-c3ccc(O)c(C(=O)O)c3)nn2)c1. The summed E-state index contributed by atoms with van der Waals surface area (Å²) in [5, 5.41) is 63.6. The number of aromatic carboxylic acids is 2. The molecule has 4 N–H and O–H groups in total. The fraction of sp³-hybridized carbons (Fsp3) is 0. The molecule has 3 aromatic heterocycles. The second kappa shape index (κ2) is 9.17. The smallest absolute Gasteiger partial charge is 0.339 e. The van der Waals surface area contributed by atoms with Crippen molar-refractivity contribution in [2.24, 2.45) is 0 Å². The average molecular weight is 510 g/mol. The van der Waals surface area contributed by atoms with Crippen LogP contribution in [0.25, 0.3) is 34.2 Å². The van der Waals surface area contributed by atoms with E-state index in [2.05, 4.69) is 25.6 Å². The summed E-state index contributed by atoms with van der Waals surface area (Å²) >= 11 is 0. The van der Waals surface area contributed by atoms with Crippen LogP contribution in [0.2, 0.25) is 0 Å². The highest BCUT2D eigenvalue weighted by Gasteiger charge is 2.17. The molecule has 5 aromatic rings. The lowest BCUT2D eigenvalue weighted by atomic mass is 10.1. The summed E-state index contributed by atoms with van der Waals surface area (Å²) in [5.74, 6) is -3.40. The van der Waals surface area contributed by atoms with E-state index >= 15 is 0 Å². The maximum absolute atomic E-state index is 11.3. The minimum atomic E-state index is -1.31. The minimum Gasteiger partial charge on any atom is -0.507 e. The van der Waals surface area contributed by atoms with Crippen molar-refractivity contribution in [2.75, 3.05) is 0 Å². The molecule has 0 amide bonds. The first kappa shape index (κ1) is 23.6. The van der Waals surface area contributed by atoms with Crippen molar-refractivity contribution in [2.45, 2.75) is 0 Å². The molecule has 0 radical (unpaired) electrons. The van der Waals surface area contributed by atoms with Gasteiger partial charge in [-0.15, -0.1) is 10.2 Å². The third kappa shape index (κ3) is 4.33. The number of benzene rings is 2. The number of hydrogen-bond donors (Lipinski definition) is 4. The molecule has 2 aromatic carbocycles. The van der Waals surface area contributed by atoms with Crippen LogP contribution in [0, 0.1) is 11.3 Å². The average Bonchev–Trinajstić information content (AvgIpc) is 3.59. The Kier molecular flexibility index (Phi) is 5.70.